The second kappa shape index (κ2) is 15.8. The third-order valence-electron chi connectivity index (χ3n) is 21.2. The Morgan fingerprint density at radius 3 is 1.42 bits per heavy atom. The van der Waals surface area contributed by atoms with Gasteiger partial charge in [-0.05, 0) is 223 Å². The van der Waals surface area contributed by atoms with Crippen LogP contribution in [0.15, 0.2) is 91.0 Å². The van der Waals surface area contributed by atoms with Gasteiger partial charge in [-0.25, -0.2) is 4.39 Å². The van der Waals surface area contributed by atoms with Gasteiger partial charge in [0.05, 0.1) is 11.4 Å². The van der Waals surface area contributed by atoms with Crippen molar-refractivity contribution in [3.8, 4) is 11.1 Å². The largest absolute Gasteiger partial charge is 0.311 e. The van der Waals surface area contributed by atoms with Crippen LogP contribution >= 0.6 is 11.3 Å². The van der Waals surface area contributed by atoms with Gasteiger partial charge in [0.2, 0.25) is 0 Å². The van der Waals surface area contributed by atoms with E-state index in [1.54, 1.807) is 6.07 Å². The number of anilines is 6. The standard InChI is InChI=1S/C71H82BFN2S/c1-41-32-58-61-59(33-41)75(56-38-51-48(66(6,7)26-29-69(51,12)13)35-44(56)43-20-18-19-21-55(43)73)57-39-52-50(68(10,11)28-30-70(52,14)15)37-54(57)72(61)63-62(45-36-49-53(40-60(45)76-63)71(16,17)31-27-67(49,8)9)74(58)42-22-23-46-47(34-42)65(4,5)25-24-64(46,2)3/h18-23,32-40H,24-31H2,1-17H3. The van der Waals surface area contributed by atoms with Crippen LogP contribution in [-0.2, 0) is 43.3 Å². The Balaban J connectivity index is 1.20. The number of hydrogen-bond donors (Lipinski definition) is 0. The number of aryl methyl sites for hydroxylation is 1. The average molecular weight is 1030 g/mol. The van der Waals surface area contributed by atoms with E-state index in [9.17, 15) is 0 Å². The van der Waals surface area contributed by atoms with Crippen LogP contribution in [0.5, 0.6) is 0 Å². The molecule has 6 aromatic carbocycles. The predicted molar refractivity (Wildman–Crippen MR) is 327 cm³/mol. The Labute approximate surface area is 460 Å². The molecule has 1 aromatic heterocycles. The van der Waals surface area contributed by atoms with Gasteiger partial charge in [0.15, 0.2) is 0 Å². The van der Waals surface area contributed by atoms with E-state index in [1.807, 2.05) is 18.2 Å². The summed E-state index contributed by atoms with van der Waals surface area (Å²) in [7, 11) is 0. The SMILES string of the molecule is Cc1cc2c3c(c1)N(c1ccc4c(c1)C(C)(C)CCC4(C)C)c1c(sc4cc5c(cc14)C(C)(C)CCC5(C)C)B3c1cc3c(cc1N2c1cc2c(cc1-c1ccccc1F)C(C)(C)CCC2(C)C)C(C)(C)CCC3(C)C. The van der Waals surface area contributed by atoms with E-state index in [1.165, 1.54) is 124 Å². The van der Waals surface area contributed by atoms with Crippen molar-refractivity contribution in [2.45, 2.75) is 212 Å². The van der Waals surface area contributed by atoms with Gasteiger partial charge in [0, 0.05) is 48.7 Å². The Morgan fingerprint density at radius 1 is 0.421 bits per heavy atom. The van der Waals surface area contributed by atoms with Gasteiger partial charge >= 0.3 is 0 Å². The molecule has 0 fully saturated rings. The average Bonchev–Trinajstić information content (AvgIpc) is 3.88. The highest BCUT2D eigenvalue weighted by Gasteiger charge is 2.50. The Kier molecular flexibility index (Phi) is 10.5. The summed E-state index contributed by atoms with van der Waals surface area (Å²) in [5.74, 6) is -0.181. The highest BCUT2D eigenvalue weighted by atomic mass is 32.1. The van der Waals surface area contributed by atoms with Crippen molar-refractivity contribution in [3.63, 3.8) is 0 Å². The lowest BCUT2D eigenvalue weighted by Crippen LogP contribution is -2.61. The third kappa shape index (κ3) is 7.14. The van der Waals surface area contributed by atoms with Crippen molar-refractivity contribution in [3.05, 3.63) is 147 Å². The first kappa shape index (κ1) is 50.4. The Bertz CT molecular complexity index is 3670. The molecular weight excluding hydrogens is 943 g/mol. The number of halogens is 1. The lowest BCUT2D eigenvalue weighted by atomic mass is 9.35. The minimum absolute atomic E-state index is 0.00945. The van der Waals surface area contributed by atoms with Crippen LogP contribution in [0.4, 0.5) is 38.5 Å². The molecule has 2 nitrogen and oxygen atoms in total. The molecular formula is C71H82BFN2S. The first-order valence-electron chi connectivity index (χ1n) is 29.1. The summed E-state index contributed by atoms with van der Waals surface area (Å²) in [5.41, 5.74) is 24.7. The van der Waals surface area contributed by atoms with Crippen LogP contribution in [0.3, 0.4) is 0 Å². The Morgan fingerprint density at radius 2 is 0.868 bits per heavy atom. The summed E-state index contributed by atoms with van der Waals surface area (Å²) in [4.78, 5) is 5.38. The maximum Gasteiger partial charge on any atom is 0.264 e. The zero-order chi connectivity index (χ0) is 54.0. The van der Waals surface area contributed by atoms with E-state index in [4.69, 9.17) is 0 Å². The maximum atomic E-state index is 17.0. The summed E-state index contributed by atoms with van der Waals surface area (Å²) in [6.07, 6.45) is 9.13. The quantitative estimate of drug-likeness (QED) is 0.163. The smallest absolute Gasteiger partial charge is 0.264 e. The topological polar surface area (TPSA) is 6.48 Å². The highest BCUT2D eigenvalue weighted by Crippen LogP contribution is 2.58. The summed E-state index contributed by atoms with van der Waals surface area (Å²) < 4.78 is 19.8. The molecule has 392 valence electrons. The molecule has 76 heavy (non-hydrogen) atoms. The van der Waals surface area contributed by atoms with E-state index in [2.05, 4.69) is 206 Å². The molecule has 2 aliphatic heterocycles. The number of hydrogen-bond acceptors (Lipinski definition) is 3. The predicted octanol–water partition coefficient (Wildman–Crippen LogP) is 18.5. The molecule has 0 saturated carbocycles. The van der Waals surface area contributed by atoms with Crippen LogP contribution in [0.1, 0.15) is 212 Å². The summed E-state index contributed by atoms with van der Waals surface area (Å²) in [6, 6.07) is 35.7. The highest BCUT2D eigenvalue weighted by molar-refractivity contribution is 7.33. The van der Waals surface area contributed by atoms with E-state index in [-0.39, 0.29) is 55.8 Å². The molecule has 13 rings (SSSR count). The summed E-state index contributed by atoms with van der Waals surface area (Å²) >= 11 is 2.05. The minimum atomic E-state index is -0.181. The number of benzene rings is 6. The van der Waals surface area contributed by atoms with Gasteiger partial charge in [-0.2, -0.15) is 0 Å². The zero-order valence-corrected chi connectivity index (χ0v) is 49.9. The van der Waals surface area contributed by atoms with Crippen molar-refractivity contribution >= 4 is 78.0 Å². The fourth-order valence-electron chi connectivity index (χ4n) is 15.7. The number of rotatable bonds is 3. The lowest BCUT2D eigenvalue weighted by molar-refractivity contribution is 0.332. The summed E-state index contributed by atoms with van der Waals surface area (Å²) in [5, 5.41) is 1.38. The van der Waals surface area contributed by atoms with Gasteiger partial charge in [0.25, 0.3) is 6.71 Å². The number of nitrogens with zero attached hydrogens (tertiary/aromatic N) is 2. The number of thiophene rings is 1. The summed E-state index contributed by atoms with van der Waals surface area (Å²) in [6.45, 7) is 41.6. The molecule has 3 heterocycles. The van der Waals surface area contributed by atoms with Crippen molar-refractivity contribution in [2.24, 2.45) is 0 Å². The molecule has 0 radical (unpaired) electrons. The molecule has 0 saturated heterocycles. The molecule has 0 amide bonds. The fraction of sp³-hybridized carbons (Fsp3) is 0.465. The van der Waals surface area contributed by atoms with Crippen molar-refractivity contribution < 1.29 is 4.39 Å². The molecule has 4 aliphatic carbocycles. The van der Waals surface area contributed by atoms with E-state index < -0.39 is 0 Å². The van der Waals surface area contributed by atoms with Crippen molar-refractivity contribution in [1.29, 1.82) is 0 Å². The van der Waals surface area contributed by atoms with Crippen LogP contribution in [0, 0.1) is 12.7 Å². The molecule has 7 aromatic rings. The van der Waals surface area contributed by atoms with Crippen molar-refractivity contribution in [2.75, 3.05) is 9.80 Å². The fourth-order valence-corrected chi connectivity index (χ4v) is 17.0. The van der Waals surface area contributed by atoms with E-state index in [0.29, 0.717) is 5.56 Å². The van der Waals surface area contributed by atoms with Crippen LogP contribution < -0.4 is 25.5 Å². The van der Waals surface area contributed by atoms with Gasteiger partial charge in [-0.15, -0.1) is 11.3 Å². The van der Waals surface area contributed by atoms with Crippen molar-refractivity contribution in [1.82, 2.24) is 0 Å². The normalized spacial score (nSPS) is 21.9. The van der Waals surface area contributed by atoms with Gasteiger partial charge in [-0.1, -0.05) is 141 Å². The Hall–Kier alpha value is -5.13. The second-order valence-electron chi connectivity index (χ2n) is 30.2. The molecule has 0 atom stereocenters. The van der Waals surface area contributed by atoms with Gasteiger partial charge in [0.1, 0.15) is 5.82 Å². The van der Waals surface area contributed by atoms with Crippen LogP contribution in [0.2, 0.25) is 0 Å². The first-order chi connectivity index (χ1) is 35.4. The second-order valence-corrected chi connectivity index (χ2v) is 31.3. The van der Waals surface area contributed by atoms with Crippen LogP contribution in [0.25, 0.3) is 21.2 Å². The minimum Gasteiger partial charge on any atom is -0.311 e. The zero-order valence-electron chi connectivity index (χ0n) is 49.1. The molecule has 0 N–H and O–H groups in total. The van der Waals surface area contributed by atoms with Gasteiger partial charge in [-0.3, -0.25) is 0 Å². The van der Waals surface area contributed by atoms with Crippen LogP contribution in [-0.4, -0.2) is 6.71 Å². The number of fused-ring (bicyclic) bond motifs is 10. The van der Waals surface area contributed by atoms with Gasteiger partial charge < -0.3 is 9.80 Å². The molecule has 0 spiro atoms. The molecule has 5 heteroatoms. The molecule has 0 bridgehead atoms. The maximum absolute atomic E-state index is 17.0. The molecule has 0 unspecified atom stereocenters. The van der Waals surface area contributed by atoms with E-state index >= 15 is 4.39 Å². The lowest BCUT2D eigenvalue weighted by Gasteiger charge is -2.48. The monoisotopic (exact) mass is 1020 g/mol. The van der Waals surface area contributed by atoms with E-state index in [0.717, 1.165) is 43.4 Å². The third-order valence-corrected chi connectivity index (χ3v) is 22.4. The first-order valence-corrected chi connectivity index (χ1v) is 29.9. The molecule has 6 aliphatic rings.